The van der Waals surface area contributed by atoms with Crippen LogP contribution in [0.4, 0.5) is 5.69 Å². The number of ether oxygens (including phenoxy) is 2. The third-order valence-electron chi connectivity index (χ3n) is 3.40. The van der Waals surface area contributed by atoms with Gasteiger partial charge >= 0.3 is 0 Å². The fourth-order valence-corrected chi connectivity index (χ4v) is 2.19. The average Bonchev–Trinajstić information content (AvgIpc) is 2.55. The quantitative estimate of drug-likeness (QED) is 0.747. The van der Waals surface area contributed by atoms with E-state index in [-0.39, 0.29) is 24.4 Å². The average molecular weight is 365 g/mol. The van der Waals surface area contributed by atoms with E-state index in [0.717, 1.165) is 17.9 Å². The largest absolute Gasteiger partial charge is 0.457 e. The van der Waals surface area contributed by atoms with Crippen LogP contribution < -0.4 is 15.8 Å². The topological polar surface area (TPSA) is 73.6 Å². The predicted octanol–water partition coefficient (Wildman–Crippen LogP) is 3.77. The van der Waals surface area contributed by atoms with Gasteiger partial charge in [0.15, 0.2) is 0 Å². The van der Waals surface area contributed by atoms with Gasteiger partial charge in [-0.05, 0) is 55.3 Å². The first kappa shape index (κ1) is 21.0. The highest BCUT2D eigenvalue weighted by Crippen LogP contribution is 2.23. The summed E-state index contributed by atoms with van der Waals surface area (Å²) in [5, 5.41) is 2.81. The number of benzene rings is 2. The van der Waals surface area contributed by atoms with Crippen molar-refractivity contribution in [3.8, 4) is 11.5 Å². The van der Waals surface area contributed by atoms with E-state index in [4.69, 9.17) is 15.2 Å². The Labute approximate surface area is 154 Å². The molecule has 2 aromatic rings. The number of carbonyl (C=O) groups is 1. The van der Waals surface area contributed by atoms with Crippen LogP contribution in [0.15, 0.2) is 48.5 Å². The molecule has 0 saturated heterocycles. The molecule has 0 aliphatic heterocycles. The molecule has 136 valence electrons. The van der Waals surface area contributed by atoms with Crippen molar-refractivity contribution in [2.45, 2.75) is 25.8 Å². The Kier molecular flexibility index (Phi) is 8.99. The molecule has 0 aliphatic carbocycles. The fourth-order valence-electron chi connectivity index (χ4n) is 2.19. The molecule has 0 heterocycles. The van der Waals surface area contributed by atoms with Gasteiger partial charge in [0.1, 0.15) is 11.5 Å². The normalized spacial score (nSPS) is 11.3. The first-order chi connectivity index (χ1) is 11.6. The summed E-state index contributed by atoms with van der Waals surface area (Å²) in [6, 6.07) is 15.0. The molecule has 1 atom stereocenters. The third-order valence-corrected chi connectivity index (χ3v) is 3.40. The second-order valence-corrected chi connectivity index (χ2v) is 5.74. The number of methoxy groups -OCH3 is 1. The second-order valence-electron chi connectivity index (χ2n) is 5.74. The summed E-state index contributed by atoms with van der Waals surface area (Å²) in [4.78, 5) is 11.7. The van der Waals surface area contributed by atoms with Gasteiger partial charge < -0.3 is 20.5 Å². The van der Waals surface area contributed by atoms with Crippen LogP contribution in [-0.4, -0.2) is 25.7 Å². The zero-order chi connectivity index (χ0) is 17.4. The maximum atomic E-state index is 11.7. The minimum Gasteiger partial charge on any atom is -0.457 e. The number of nitrogens with one attached hydrogen (secondary N) is 1. The van der Waals surface area contributed by atoms with Crippen LogP contribution in [0.25, 0.3) is 0 Å². The van der Waals surface area contributed by atoms with Crippen molar-refractivity contribution < 1.29 is 14.3 Å². The summed E-state index contributed by atoms with van der Waals surface area (Å²) < 4.78 is 10.9. The van der Waals surface area contributed by atoms with Crippen molar-refractivity contribution in [1.82, 2.24) is 0 Å². The summed E-state index contributed by atoms with van der Waals surface area (Å²) in [5.41, 5.74) is 7.54. The van der Waals surface area contributed by atoms with E-state index in [0.29, 0.717) is 18.8 Å². The van der Waals surface area contributed by atoms with Gasteiger partial charge in [-0.3, -0.25) is 4.79 Å². The Morgan fingerprint density at radius 3 is 2.16 bits per heavy atom. The maximum Gasteiger partial charge on any atom is 0.225 e. The van der Waals surface area contributed by atoms with Gasteiger partial charge in [-0.25, -0.2) is 0 Å². The SMILES string of the molecule is COCCc1ccc(Oc2ccc(NC(=O)CC(C)N)cc2)cc1.Cl. The first-order valence-corrected chi connectivity index (χ1v) is 7.98. The van der Waals surface area contributed by atoms with Gasteiger partial charge in [-0.1, -0.05) is 12.1 Å². The highest BCUT2D eigenvalue weighted by atomic mass is 35.5. The number of halogens is 1. The van der Waals surface area contributed by atoms with E-state index in [1.54, 1.807) is 26.2 Å². The smallest absolute Gasteiger partial charge is 0.225 e. The molecular formula is C19H25ClN2O3. The molecule has 6 heteroatoms. The van der Waals surface area contributed by atoms with Crippen LogP contribution in [0.3, 0.4) is 0 Å². The first-order valence-electron chi connectivity index (χ1n) is 7.98. The number of carbonyl (C=O) groups excluding carboxylic acids is 1. The van der Waals surface area contributed by atoms with Gasteiger partial charge in [-0.15, -0.1) is 12.4 Å². The van der Waals surface area contributed by atoms with Crippen molar-refractivity contribution >= 4 is 24.0 Å². The predicted molar refractivity (Wildman–Crippen MR) is 103 cm³/mol. The van der Waals surface area contributed by atoms with Crippen molar-refractivity contribution in [1.29, 1.82) is 0 Å². The number of rotatable bonds is 8. The van der Waals surface area contributed by atoms with E-state index in [1.165, 1.54) is 5.56 Å². The summed E-state index contributed by atoms with van der Waals surface area (Å²) in [6.45, 7) is 2.51. The van der Waals surface area contributed by atoms with Gasteiger partial charge in [0.2, 0.25) is 5.91 Å². The van der Waals surface area contributed by atoms with E-state index in [1.807, 2.05) is 36.4 Å². The molecule has 2 rings (SSSR count). The van der Waals surface area contributed by atoms with Crippen LogP contribution in [0.5, 0.6) is 11.5 Å². The molecule has 0 saturated carbocycles. The van der Waals surface area contributed by atoms with Gasteiger partial charge in [-0.2, -0.15) is 0 Å². The van der Waals surface area contributed by atoms with Crippen molar-refractivity contribution in [2.24, 2.45) is 5.73 Å². The molecule has 2 aromatic carbocycles. The van der Waals surface area contributed by atoms with E-state index in [9.17, 15) is 4.79 Å². The van der Waals surface area contributed by atoms with Crippen molar-refractivity contribution in [2.75, 3.05) is 19.0 Å². The van der Waals surface area contributed by atoms with Crippen LogP contribution in [-0.2, 0) is 16.0 Å². The Morgan fingerprint density at radius 1 is 1.08 bits per heavy atom. The molecular weight excluding hydrogens is 340 g/mol. The Morgan fingerprint density at radius 2 is 1.64 bits per heavy atom. The second kappa shape index (κ2) is 10.7. The zero-order valence-electron chi connectivity index (χ0n) is 14.5. The van der Waals surface area contributed by atoms with Crippen LogP contribution in [0.1, 0.15) is 18.9 Å². The molecule has 0 aliphatic rings. The lowest BCUT2D eigenvalue weighted by molar-refractivity contribution is -0.116. The number of anilines is 1. The van der Waals surface area contributed by atoms with Crippen molar-refractivity contribution in [3.05, 3.63) is 54.1 Å². The van der Waals surface area contributed by atoms with Crippen LogP contribution in [0, 0.1) is 0 Å². The molecule has 1 unspecified atom stereocenters. The number of amides is 1. The van der Waals surface area contributed by atoms with E-state index < -0.39 is 0 Å². The molecule has 3 N–H and O–H groups in total. The maximum absolute atomic E-state index is 11.7. The number of hydrogen-bond acceptors (Lipinski definition) is 4. The van der Waals surface area contributed by atoms with Gasteiger partial charge in [0, 0.05) is 25.3 Å². The van der Waals surface area contributed by atoms with Crippen LogP contribution >= 0.6 is 12.4 Å². The Bertz CT molecular complexity index is 643. The highest BCUT2D eigenvalue weighted by molar-refractivity contribution is 5.91. The molecule has 0 aromatic heterocycles. The summed E-state index contributed by atoms with van der Waals surface area (Å²) in [7, 11) is 1.69. The van der Waals surface area contributed by atoms with Gasteiger partial charge in [0.05, 0.1) is 6.61 Å². The molecule has 0 bridgehead atoms. The molecule has 5 nitrogen and oxygen atoms in total. The molecule has 0 spiro atoms. The summed E-state index contributed by atoms with van der Waals surface area (Å²) in [5.74, 6) is 1.39. The summed E-state index contributed by atoms with van der Waals surface area (Å²) >= 11 is 0. The van der Waals surface area contributed by atoms with Crippen molar-refractivity contribution in [3.63, 3.8) is 0 Å². The Hall–Kier alpha value is -2.08. The standard InChI is InChI=1S/C19H24N2O3.ClH/c1-14(20)13-19(22)21-16-5-9-18(10-6-16)24-17-7-3-15(4-8-17)11-12-23-2;/h3-10,14H,11-13,20H2,1-2H3,(H,21,22);1H. The molecule has 0 radical (unpaired) electrons. The number of nitrogens with two attached hydrogens (primary N) is 1. The minimum absolute atomic E-state index is 0. The lowest BCUT2D eigenvalue weighted by Crippen LogP contribution is -2.23. The molecule has 1 amide bonds. The summed E-state index contributed by atoms with van der Waals surface area (Å²) in [6.07, 6.45) is 1.18. The lowest BCUT2D eigenvalue weighted by atomic mass is 10.1. The fraction of sp³-hybridized carbons (Fsp3) is 0.316. The highest BCUT2D eigenvalue weighted by Gasteiger charge is 2.05. The van der Waals surface area contributed by atoms with E-state index in [2.05, 4.69) is 5.32 Å². The Balaban J connectivity index is 0.00000312. The molecule has 25 heavy (non-hydrogen) atoms. The minimum atomic E-state index is -0.153. The zero-order valence-corrected chi connectivity index (χ0v) is 15.3. The molecule has 0 fully saturated rings. The monoisotopic (exact) mass is 364 g/mol. The number of hydrogen-bond donors (Lipinski definition) is 2. The lowest BCUT2D eigenvalue weighted by Gasteiger charge is -2.09. The third kappa shape index (κ3) is 7.56. The van der Waals surface area contributed by atoms with E-state index >= 15 is 0 Å². The van der Waals surface area contributed by atoms with Gasteiger partial charge in [0.25, 0.3) is 0 Å². The van der Waals surface area contributed by atoms with Crippen LogP contribution in [0.2, 0.25) is 0 Å².